The van der Waals surface area contributed by atoms with Crippen molar-refractivity contribution in [2.24, 2.45) is 5.92 Å². The Hall–Kier alpha value is -1.46. The largest absolute Gasteiger partial charge is 0.460 e. The summed E-state index contributed by atoms with van der Waals surface area (Å²) in [6.45, 7) is 10.1. The number of ether oxygens (including phenoxy) is 3. The molecule has 2 aliphatic rings. The molecule has 1 saturated heterocycles. The van der Waals surface area contributed by atoms with Gasteiger partial charge in [0.05, 0.1) is 5.92 Å². The van der Waals surface area contributed by atoms with Gasteiger partial charge < -0.3 is 14.2 Å². The first-order chi connectivity index (χ1) is 12.8. The van der Waals surface area contributed by atoms with Gasteiger partial charge in [0.1, 0.15) is 5.60 Å². The first kappa shape index (κ1) is 20.3. The van der Waals surface area contributed by atoms with Crippen LogP contribution in [-0.4, -0.2) is 42.4 Å². The van der Waals surface area contributed by atoms with Crippen LogP contribution in [-0.2, 0) is 16.0 Å². The highest BCUT2D eigenvalue weighted by molar-refractivity contribution is 6.31. The number of esters is 1. The van der Waals surface area contributed by atoms with Crippen molar-refractivity contribution in [3.05, 3.63) is 22.7 Å². The maximum atomic E-state index is 12.9. The molecular weight excluding hydrogens is 366 g/mol. The number of halogens is 1. The zero-order valence-corrected chi connectivity index (χ0v) is 17.5. The number of nitrogens with zero attached hydrogens (tertiary/aromatic N) is 1. The summed E-state index contributed by atoms with van der Waals surface area (Å²) < 4.78 is 16.7. The predicted octanol–water partition coefficient (Wildman–Crippen LogP) is 4.44. The lowest BCUT2D eigenvalue weighted by molar-refractivity contribution is -0.164. The van der Waals surface area contributed by atoms with Crippen molar-refractivity contribution in [3.8, 4) is 11.5 Å². The van der Waals surface area contributed by atoms with Crippen molar-refractivity contribution in [1.82, 2.24) is 4.90 Å². The van der Waals surface area contributed by atoms with Crippen LogP contribution in [0.2, 0.25) is 5.02 Å². The number of fused-ring (bicyclic) bond motifs is 1. The molecule has 0 aromatic heterocycles. The number of carbonyl (C=O) groups is 1. The molecule has 6 heteroatoms. The normalized spacial score (nSPS) is 22.7. The Bertz CT molecular complexity index is 683. The van der Waals surface area contributed by atoms with Gasteiger partial charge in [-0.05, 0) is 71.2 Å². The second kappa shape index (κ2) is 8.27. The van der Waals surface area contributed by atoms with E-state index in [1.807, 2.05) is 32.9 Å². The molecule has 2 aliphatic heterocycles. The van der Waals surface area contributed by atoms with Crippen LogP contribution in [0.1, 0.15) is 52.5 Å². The summed E-state index contributed by atoms with van der Waals surface area (Å²) in [6, 6.07) is 3.84. The third-order valence-electron chi connectivity index (χ3n) is 5.08. The zero-order chi connectivity index (χ0) is 19.6. The molecule has 2 atom stereocenters. The van der Waals surface area contributed by atoms with E-state index in [0.29, 0.717) is 17.2 Å². The molecule has 0 spiro atoms. The predicted molar refractivity (Wildman–Crippen MR) is 106 cm³/mol. The van der Waals surface area contributed by atoms with E-state index in [-0.39, 0.29) is 24.7 Å². The van der Waals surface area contributed by atoms with Crippen molar-refractivity contribution in [2.75, 3.05) is 19.9 Å². The summed E-state index contributed by atoms with van der Waals surface area (Å²) in [5.41, 5.74) is 0.507. The third kappa shape index (κ3) is 4.88. The lowest BCUT2D eigenvalue weighted by Crippen LogP contribution is -2.50. The summed E-state index contributed by atoms with van der Waals surface area (Å²) >= 11 is 6.52. The molecule has 0 radical (unpaired) electrons. The van der Waals surface area contributed by atoms with Crippen LogP contribution in [0.4, 0.5) is 0 Å². The second-order valence-electron chi connectivity index (χ2n) is 8.39. The Morgan fingerprint density at radius 2 is 2.00 bits per heavy atom. The lowest BCUT2D eigenvalue weighted by atomic mass is 9.84. The standard InChI is InChI=1S/C21H30ClNO4/c1-5-8-23-9-6-7-15(20(24)27-21(2,3)4)17(23)10-14-11-18-19(12-16(14)22)26-13-25-18/h11-12,15,17H,5-10,13H2,1-4H3/t15-,17-/m1/s1. The molecule has 150 valence electrons. The van der Waals surface area contributed by atoms with Gasteiger partial charge in [-0.3, -0.25) is 9.69 Å². The van der Waals surface area contributed by atoms with E-state index < -0.39 is 5.60 Å². The molecule has 3 rings (SSSR count). The molecule has 0 aliphatic carbocycles. The van der Waals surface area contributed by atoms with Gasteiger partial charge in [0.15, 0.2) is 11.5 Å². The van der Waals surface area contributed by atoms with Gasteiger partial charge in [0.2, 0.25) is 6.79 Å². The Kier molecular flexibility index (Phi) is 6.21. The Labute approximate surface area is 166 Å². The molecule has 1 aromatic rings. The summed E-state index contributed by atoms with van der Waals surface area (Å²) in [5.74, 6) is 1.15. The number of piperidine rings is 1. The van der Waals surface area contributed by atoms with Gasteiger partial charge in [0, 0.05) is 17.1 Å². The van der Waals surface area contributed by atoms with Crippen LogP contribution in [0.5, 0.6) is 11.5 Å². The van der Waals surface area contributed by atoms with E-state index in [0.717, 1.165) is 43.7 Å². The fourth-order valence-electron chi connectivity index (χ4n) is 3.96. The Balaban J connectivity index is 1.85. The zero-order valence-electron chi connectivity index (χ0n) is 16.7. The maximum absolute atomic E-state index is 12.9. The molecule has 0 amide bonds. The summed E-state index contributed by atoms with van der Waals surface area (Å²) in [5, 5.41) is 0.657. The van der Waals surface area contributed by atoms with Gasteiger partial charge in [-0.15, -0.1) is 0 Å². The van der Waals surface area contributed by atoms with E-state index in [1.54, 1.807) is 0 Å². The van der Waals surface area contributed by atoms with E-state index in [2.05, 4.69) is 11.8 Å². The molecule has 1 aromatic carbocycles. The number of likely N-dealkylation sites (tertiary alicyclic amines) is 1. The molecule has 0 unspecified atom stereocenters. The van der Waals surface area contributed by atoms with Crippen LogP contribution in [0, 0.1) is 5.92 Å². The average molecular weight is 396 g/mol. The fourth-order valence-corrected chi connectivity index (χ4v) is 4.19. The first-order valence-corrected chi connectivity index (χ1v) is 10.2. The molecule has 0 N–H and O–H groups in total. The summed E-state index contributed by atoms with van der Waals surface area (Å²) in [4.78, 5) is 15.3. The second-order valence-corrected chi connectivity index (χ2v) is 8.79. The topological polar surface area (TPSA) is 48.0 Å². The van der Waals surface area contributed by atoms with Crippen LogP contribution in [0.15, 0.2) is 12.1 Å². The van der Waals surface area contributed by atoms with Gasteiger partial charge in [0.25, 0.3) is 0 Å². The van der Waals surface area contributed by atoms with Crippen LogP contribution >= 0.6 is 11.6 Å². The average Bonchev–Trinajstić information content (AvgIpc) is 3.02. The molecule has 5 nitrogen and oxygen atoms in total. The van der Waals surface area contributed by atoms with Gasteiger partial charge in [-0.2, -0.15) is 0 Å². The number of carbonyl (C=O) groups excluding carboxylic acids is 1. The van der Waals surface area contributed by atoms with Gasteiger partial charge in [-0.25, -0.2) is 0 Å². The molecule has 0 saturated carbocycles. The van der Waals surface area contributed by atoms with Crippen molar-refractivity contribution >= 4 is 17.6 Å². The van der Waals surface area contributed by atoms with Crippen LogP contribution < -0.4 is 9.47 Å². The maximum Gasteiger partial charge on any atom is 0.311 e. The fraction of sp³-hybridized carbons (Fsp3) is 0.667. The molecule has 27 heavy (non-hydrogen) atoms. The van der Waals surface area contributed by atoms with Crippen LogP contribution in [0.3, 0.4) is 0 Å². The van der Waals surface area contributed by atoms with Gasteiger partial charge in [-0.1, -0.05) is 18.5 Å². The molecule has 2 heterocycles. The first-order valence-electron chi connectivity index (χ1n) is 9.83. The third-order valence-corrected chi connectivity index (χ3v) is 5.44. The summed E-state index contributed by atoms with van der Waals surface area (Å²) in [7, 11) is 0. The molecular formula is C21H30ClNO4. The lowest BCUT2D eigenvalue weighted by Gasteiger charge is -2.41. The minimum absolute atomic E-state index is 0.0754. The van der Waals surface area contributed by atoms with E-state index >= 15 is 0 Å². The van der Waals surface area contributed by atoms with E-state index in [4.69, 9.17) is 25.8 Å². The smallest absolute Gasteiger partial charge is 0.311 e. The number of hydrogen-bond donors (Lipinski definition) is 0. The highest BCUT2D eigenvalue weighted by Crippen LogP contribution is 2.39. The number of hydrogen-bond acceptors (Lipinski definition) is 5. The monoisotopic (exact) mass is 395 g/mol. The van der Waals surface area contributed by atoms with Crippen molar-refractivity contribution < 1.29 is 19.0 Å². The van der Waals surface area contributed by atoms with Crippen molar-refractivity contribution in [3.63, 3.8) is 0 Å². The molecule has 0 bridgehead atoms. The minimum Gasteiger partial charge on any atom is -0.460 e. The number of rotatable bonds is 5. The van der Waals surface area contributed by atoms with E-state index in [1.165, 1.54) is 0 Å². The Morgan fingerprint density at radius 3 is 2.67 bits per heavy atom. The highest BCUT2D eigenvalue weighted by atomic mass is 35.5. The Morgan fingerprint density at radius 1 is 1.30 bits per heavy atom. The quantitative estimate of drug-likeness (QED) is 0.689. The summed E-state index contributed by atoms with van der Waals surface area (Å²) in [6.07, 6.45) is 3.60. The minimum atomic E-state index is -0.481. The number of benzene rings is 1. The SMILES string of the molecule is CCCN1CCC[C@@H](C(=O)OC(C)(C)C)[C@H]1Cc1cc2c(cc1Cl)OCO2. The van der Waals surface area contributed by atoms with Crippen LogP contribution in [0.25, 0.3) is 0 Å². The van der Waals surface area contributed by atoms with E-state index in [9.17, 15) is 4.79 Å². The van der Waals surface area contributed by atoms with Crippen molar-refractivity contribution in [2.45, 2.75) is 65.0 Å². The molecule has 1 fully saturated rings. The highest BCUT2D eigenvalue weighted by Gasteiger charge is 2.38. The van der Waals surface area contributed by atoms with Crippen molar-refractivity contribution in [1.29, 1.82) is 0 Å². The van der Waals surface area contributed by atoms with Gasteiger partial charge >= 0.3 is 5.97 Å².